The molecule has 2 atom stereocenters. The van der Waals surface area contributed by atoms with Crippen LogP contribution in [0.5, 0.6) is 11.5 Å². The van der Waals surface area contributed by atoms with Gasteiger partial charge in [0.1, 0.15) is 36.9 Å². The number of aliphatic hydroxyl groups excluding tert-OH is 2. The van der Waals surface area contributed by atoms with Gasteiger partial charge in [0.25, 0.3) is 0 Å². The summed E-state index contributed by atoms with van der Waals surface area (Å²) in [6.07, 6.45) is -4.27. The van der Waals surface area contributed by atoms with E-state index in [2.05, 4.69) is 69.4 Å². The van der Waals surface area contributed by atoms with E-state index in [1.807, 2.05) is 97.1 Å². The van der Waals surface area contributed by atoms with E-state index in [0.29, 0.717) is 38.5 Å². The quantitative estimate of drug-likeness (QED) is 0.0792. The van der Waals surface area contributed by atoms with Gasteiger partial charge in [0.05, 0.1) is 11.3 Å². The highest BCUT2D eigenvalue weighted by atomic mass is 19.4. The van der Waals surface area contributed by atoms with E-state index in [-0.39, 0.29) is 25.5 Å². The van der Waals surface area contributed by atoms with Gasteiger partial charge < -0.3 is 19.7 Å². The molecule has 0 fully saturated rings. The number of ether oxygens (including phenoxy) is 2. The van der Waals surface area contributed by atoms with Crippen LogP contribution < -0.4 is 9.47 Å². The third-order valence-corrected chi connectivity index (χ3v) is 10.3. The van der Waals surface area contributed by atoms with Crippen LogP contribution in [0.25, 0.3) is 22.4 Å². The van der Waals surface area contributed by atoms with Gasteiger partial charge in [-0.05, 0) is 100 Å². The van der Waals surface area contributed by atoms with Gasteiger partial charge >= 0.3 is 6.18 Å². The molecule has 2 unspecified atom stereocenters. The van der Waals surface area contributed by atoms with Crippen LogP contribution in [0.1, 0.15) is 27.8 Å². The third-order valence-electron chi connectivity index (χ3n) is 10.3. The predicted molar refractivity (Wildman–Crippen MR) is 237 cm³/mol. The largest absolute Gasteiger partial charge is 0.491 e. The van der Waals surface area contributed by atoms with Gasteiger partial charge in [-0.15, -0.1) is 0 Å². The van der Waals surface area contributed by atoms with Crippen molar-refractivity contribution in [1.82, 2.24) is 14.8 Å². The molecule has 0 amide bonds. The van der Waals surface area contributed by atoms with E-state index in [4.69, 9.17) is 9.47 Å². The van der Waals surface area contributed by atoms with Gasteiger partial charge in [0.15, 0.2) is 0 Å². The molecule has 0 aliphatic rings. The standard InChI is InChI=1S/C52H50F3N3O4/c53-52(54,55)46-23-27-50(28-24-46)62-38-48(60)36-58(32-40-12-5-2-6-13-40)34-42-14-9-15-45(30-42)43-19-17-41(18-20-43)33-57(31-39-10-3-1-4-11-39)35-47(59)37-61-49-25-21-44(22-26-49)51-16-7-8-29-56-51/h1-30,47-48,59-60H,31-38H2. The van der Waals surface area contributed by atoms with Crippen LogP contribution in [0.15, 0.2) is 182 Å². The minimum atomic E-state index is -4.43. The van der Waals surface area contributed by atoms with Crippen molar-refractivity contribution >= 4 is 0 Å². The Kier molecular flexibility index (Phi) is 15.2. The van der Waals surface area contributed by atoms with E-state index < -0.39 is 23.9 Å². The van der Waals surface area contributed by atoms with Crippen LogP contribution in [-0.2, 0) is 32.4 Å². The smallest absolute Gasteiger partial charge is 0.416 e. The van der Waals surface area contributed by atoms with Crippen molar-refractivity contribution in [3.05, 3.63) is 210 Å². The fourth-order valence-corrected chi connectivity index (χ4v) is 7.30. The monoisotopic (exact) mass is 837 g/mol. The Balaban J connectivity index is 0.972. The van der Waals surface area contributed by atoms with Gasteiger partial charge in [0.2, 0.25) is 0 Å². The van der Waals surface area contributed by atoms with Crippen molar-refractivity contribution in [2.75, 3.05) is 26.3 Å². The predicted octanol–water partition coefficient (Wildman–Crippen LogP) is 10.3. The van der Waals surface area contributed by atoms with Crippen LogP contribution in [0.3, 0.4) is 0 Å². The molecule has 62 heavy (non-hydrogen) atoms. The first-order valence-electron chi connectivity index (χ1n) is 20.6. The number of rotatable bonds is 20. The second-order valence-electron chi connectivity index (χ2n) is 15.4. The fourth-order valence-electron chi connectivity index (χ4n) is 7.30. The summed E-state index contributed by atoms with van der Waals surface area (Å²) in [6, 6.07) is 55.1. The Morgan fingerprint density at radius 1 is 0.468 bits per heavy atom. The number of benzene rings is 6. The summed E-state index contributed by atoms with van der Waals surface area (Å²) in [5.41, 5.74) is 7.67. The minimum absolute atomic E-state index is 0.0687. The number of nitrogens with zero attached hydrogens (tertiary/aromatic N) is 3. The number of halogens is 3. The number of pyridine rings is 1. The molecule has 10 heteroatoms. The average Bonchev–Trinajstić information content (AvgIpc) is 3.29. The Hall–Kier alpha value is -6.30. The first kappa shape index (κ1) is 43.8. The molecule has 0 spiro atoms. The van der Waals surface area contributed by atoms with Gasteiger partial charge in [-0.25, -0.2) is 0 Å². The zero-order valence-electron chi connectivity index (χ0n) is 34.3. The van der Waals surface area contributed by atoms with Gasteiger partial charge in [-0.3, -0.25) is 14.8 Å². The van der Waals surface area contributed by atoms with Crippen LogP contribution in [0.2, 0.25) is 0 Å². The molecule has 0 saturated carbocycles. The van der Waals surface area contributed by atoms with E-state index in [1.165, 1.54) is 12.1 Å². The molecular weight excluding hydrogens is 788 g/mol. The minimum Gasteiger partial charge on any atom is -0.491 e. The van der Waals surface area contributed by atoms with Crippen LogP contribution in [0, 0.1) is 0 Å². The lowest BCUT2D eigenvalue weighted by Crippen LogP contribution is -2.35. The highest BCUT2D eigenvalue weighted by Gasteiger charge is 2.30. The second kappa shape index (κ2) is 21.5. The lowest BCUT2D eigenvalue weighted by Gasteiger charge is -2.26. The van der Waals surface area contributed by atoms with Crippen molar-refractivity contribution in [2.45, 2.75) is 44.6 Å². The number of hydrogen-bond acceptors (Lipinski definition) is 7. The Morgan fingerprint density at radius 2 is 0.935 bits per heavy atom. The molecule has 1 heterocycles. The Labute approximate surface area is 361 Å². The summed E-state index contributed by atoms with van der Waals surface area (Å²) in [6.45, 7) is 3.21. The summed E-state index contributed by atoms with van der Waals surface area (Å²) >= 11 is 0. The van der Waals surface area contributed by atoms with Crippen molar-refractivity contribution in [1.29, 1.82) is 0 Å². The molecule has 7 aromatic rings. The molecule has 0 aliphatic heterocycles. The van der Waals surface area contributed by atoms with Crippen molar-refractivity contribution < 1.29 is 32.9 Å². The highest BCUT2D eigenvalue weighted by Crippen LogP contribution is 2.30. The summed E-state index contributed by atoms with van der Waals surface area (Å²) < 4.78 is 50.7. The summed E-state index contributed by atoms with van der Waals surface area (Å²) in [4.78, 5) is 8.77. The zero-order chi connectivity index (χ0) is 43.2. The molecule has 7 nitrogen and oxygen atoms in total. The number of aliphatic hydroxyl groups is 2. The normalized spacial score (nSPS) is 12.6. The molecule has 6 aromatic carbocycles. The SMILES string of the molecule is OC(COc1ccc(-c2ccccn2)cc1)CN(Cc1ccccc1)Cc1ccc(-c2cccc(CN(Cc3ccccc3)CC(O)COc3ccc(C(F)(F)F)cc3)c2)cc1. The second-order valence-corrected chi connectivity index (χ2v) is 15.4. The van der Waals surface area contributed by atoms with Crippen LogP contribution in [-0.4, -0.2) is 63.5 Å². The lowest BCUT2D eigenvalue weighted by atomic mass is 10.0. The fraction of sp³-hybridized carbons (Fsp3) is 0.212. The number of hydrogen-bond donors (Lipinski definition) is 2. The average molecular weight is 838 g/mol. The number of alkyl halides is 3. The summed E-state index contributed by atoms with van der Waals surface area (Å²) in [7, 11) is 0. The summed E-state index contributed by atoms with van der Waals surface area (Å²) in [5.74, 6) is 0.945. The maximum absolute atomic E-state index is 13.0. The van der Waals surface area contributed by atoms with Gasteiger partial charge in [-0.2, -0.15) is 13.2 Å². The molecule has 0 saturated heterocycles. The van der Waals surface area contributed by atoms with Crippen molar-refractivity contribution in [3.63, 3.8) is 0 Å². The molecule has 0 radical (unpaired) electrons. The Bertz CT molecular complexity index is 2380. The van der Waals surface area contributed by atoms with Gasteiger partial charge in [-0.1, -0.05) is 109 Å². The maximum atomic E-state index is 13.0. The van der Waals surface area contributed by atoms with E-state index in [9.17, 15) is 23.4 Å². The van der Waals surface area contributed by atoms with Gasteiger partial charge in [0, 0.05) is 51.0 Å². The van der Waals surface area contributed by atoms with E-state index >= 15 is 0 Å². The van der Waals surface area contributed by atoms with Crippen LogP contribution >= 0.6 is 0 Å². The van der Waals surface area contributed by atoms with E-state index in [1.54, 1.807) is 6.20 Å². The lowest BCUT2D eigenvalue weighted by molar-refractivity contribution is -0.137. The third kappa shape index (κ3) is 13.3. The zero-order valence-corrected chi connectivity index (χ0v) is 34.3. The molecule has 0 aliphatic carbocycles. The first-order valence-corrected chi connectivity index (χ1v) is 20.6. The summed E-state index contributed by atoms with van der Waals surface area (Å²) in [5, 5.41) is 22.2. The van der Waals surface area contributed by atoms with E-state index in [0.717, 1.165) is 56.8 Å². The number of aromatic nitrogens is 1. The maximum Gasteiger partial charge on any atom is 0.416 e. The molecule has 2 N–H and O–H groups in total. The molecule has 0 bridgehead atoms. The topological polar surface area (TPSA) is 78.3 Å². The molecule has 318 valence electrons. The Morgan fingerprint density at radius 3 is 1.45 bits per heavy atom. The molecule has 1 aromatic heterocycles. The van der Waals surface area contributed by atoms with Crippen LogP contribution in [0.4, 0.5) is 13.2 Å². The highest BCUT2D eigenvalue weighted by molar-refractivity contribution is 5.64. The molecular formula is C52H50F3N3O4. The van der Waals surface area contributed by atoms with Crippen molar-refractivity contribution in [3.8, 4) is 33.9 Å². The van der Waals surface area contributed by atoms with Crippen molar-refractivity contribution in [2.24, 2.45) is 0 Å². The first-order chi connectivity index (χ1) is 30.1. The molecule has 7 rings (SSSR count).